The number of hydrogen-bond acceptors (Lipinski definition) is 4. The number of aromatic nitrogens is 1. The number of alkyl halides is 2. The van der Waals surface area contributed by atoms with Crippen LogP contribution in [0.5, 0.6) is 0 Å². The average molecular weight is 333 g/mol. The lowest BCUT2D eigenvalue weighted by Gasteiger charge is -2.03. The van der Waals surface area contributed by atoms with Crippen LogP contribution >= 0.6 is 50.5 Å². The van der Waals surface area contributed by atoms with E-state index in [-0.39, 0.29) is 0 Å². The average Bonchev–Trinajstić information content (AvgIpc) is 2.50. The Morgan fingerprint density at radius 2 is 2.20 bits per heavy atom. The second-order valence-electron chi connectivity index (χ2n) is 2.21. The standard InChI is InChI=1S/C6H4BrCl2N3O2S/c7-2-1-10-6(15-2)12-5(14)11-4(13)3(8)9/h1,3H,(H2,10,11,12,13,14). The minimum Gasteiger partial charge on any atom is -0.283 e. The molecule has 5 nitrogen and oxygen atoms in total. The fourth-order valence-electron chi connectivity index (χ4n) is 0.607. The van der Waals surface area contributed by atoms with Gasteiger partial charge in [0.2, 0.25) is 0 Å². The number of halogens is 3. The highest BCUT2D eigenvalue weighted by Gasteiger charge is 2.15. The minimum absolute atomic E-state index is 0.355. The summed E-state index contributed by atoms with van der Waals surface area (Å²) in [5, 5.41) is 4.63. The van der Waals surface area contributed by atoms with Crippen molar-refractivity contribution in [1.82, 2.24) is 10.3 Å². The summed E-state index contributed by atoms with van der Waals surface area (Å²) in [7, 11) is 0. The fourth-order valence-corrected chi connectivity index (χ4v) is 1.82. The highest BCUT2D eigenvalue weighted by atomic mass is 79.9. The van der Waals surface area contributed by atoms with E-state index < -0.39 is 16.8 Å². The van der Waals surface area contributed by atoms with Gasteiger partial charge in [-0.15, -0.1) is 0 Å². The van der Waals surface area contributed by atoms with Crippen molar-refractivity contribution in [3.8, 4) is 0 Å². The maximum Gasteiger partial charge on any atom is 0.327 e. The molecule has 0 saturated heterocycles. The van der Waals surface area contributed by atoms with Crippen molar-refractivity contribution in [3.63, 3.8) is 0 Å². The van der Waals surface area contributed by atoms with Gasteiger partial charge in [0.15, 0.2) is 9.97 Å². The van der Waals surface area contributed by atoms with Crippen LogP contribution in [0.4, 0.5) is 9.93 Å². The van der Waals surface area contributed by atoms with Crippen LogP contribution in [0.1, 0.15) is 0 Å². The lowest BCUT2D eigenvalue weighted by atomic mass is 10.7. The van der Waals surface area contributed by atoms with E-state index in [4.69, 9.17) is 23.2 Å². The first-order chi connectivity index (χ1) is 6.99. The fraction of sp³-hybridized carbons (Fsp3) is 0.167. The summed E-state index contributed by atoms with van der Waals surface area (Å²) >= 11 is 14.8. The predicted molar refractivity (Wildman–Crippen MR) is 62.5 cm³/mol. The molecule has 1 rings (SSSR count). The summed E-state index contributed by atoms with van der Waals surface area (Å²) in [5.74, 6) is -0.786. The van der Waals surface area contributed by atoms with Crippen molar-refractivity contribution in [2.24, 2.45) is 0 Å². The Hall–Kier alpha value is -0.370. The molecular formula is C6H4BrCl2N3O2S. The molecule has 1 aromatic rings. The van der Waals surface area contributed by atoms with Crippen LogP contribution in [0.3, 0.4) is 0 Å². The Morgan fingerprint density at radius 1 is 1.53 bits per heavy atom. The topological polar surface area (TPSA) is 71.1 Å². The van der Waals surface area contributed by atoms with Gasteiger partial charge in [0.25, 0.3) is 5.91 Å². The normalized spacial score (nSPS) is 10.1. The molecule has 0 radical (unpaired) electrons. The second kappa shape index (κ2) is 5.64. The highest BCUT2D eigenvalue weighted by Crippen LogP contribution is 2.22. The third kappa shape index (κ3) is 4.33. The lowest BCUT2D eigenvalue weighted by molar-refractivity contribution is -0.118. The van der Waals surface area contributed by atoms with Crippen molar-refractivity contribution < 1.29 is 9.59 Å². The first kappa shape index (κ1) is 12.7. The monoisotopic (exact) mass is 331 g/mol. The Bertz CT molecular complexity index is 384. The van der Waals surface area contributed by atoms with E-state index in [2.05, 4.69) is 26.2 Å². The van der Waals surface area contributed by atoms with Crippen molar-refractivity contribution in [2.45, 2.75) is 4.84 Å². The first-order valence-electron chi connectivity index (χ1n) is 3.50. The summed E-state index contributed by atoms with van der Waals surface area (Å²) in [6.45, 7) is 0. The molecule has 0 aliphatic rings. The number of thiazole rings is 1. The zero-order valence-electron chi connectivity index (χ0n) is 6.96. The summed E-state index contributed by atoms with van der Waals surface area (Å²) in [4.78, 5) is 24.6. The molecule has 0 unspecified atom stereocenters. The number of hydrogen-bond donors (Lipinski definition) is 2. The van der Waals surface area contributed by atoms with Gasteiger partial charge in [-0.05, 0) is 15.9 Å². The number of carbonyl (C=O) groups is 2. The third-order valence-corrected chi connectivity index (χ3v) is 2.92. The van der Waals surface area contributed by atoms with E-state index in [0.29, 0.717) is 5.13 Å². The van der Waals surface area contributed by atoms with Gasteiger partial charge in [0.05, 0.1) is 9.98 Å². The van der Waals surface area contributed by atoms with Gasteiger partial charge in [-0.2, -0.15) is 0 Å². The Balaban J connectivity index is 2.46. The van der Waals surface area contributed by atoms with Crippen molar-refractivity contribution in [3.05, 3.63) is 9.98 Å². The van der Waals surface area contributed by atoms with Crippen LogP contribution in [-0.4, -0.2) is 21.8 Å². The number of nitrogens with one attached hydrogen (secondary N) is 2. The molecule has 0 aliphatic heterocycles. The molecule has 0 atom stereocenters. The van der Waals surface area contributed by atoms with Crippen molar-refractivity contribution in [1.29, 1.82) is 0 Å². The van der Waals surface area contributed by atoms with Gasteiger partial charge < -0.3 is 0 Å². The van der Waals surface area contributed by atoms with Gasteiger partial charge >= 0.3 is 6.03 Å². The molecule has 1 aromatic heterocycles. The summed E-state index contributed by atoms with van der Waals surface area (Å²) in [6, 6.07) is -0.729. The molecule has 1 heterocycles. The highest BCUT2D eigenvalue weighted by molar-refractivity contribution is 9.11. The first-order valence-corrected chi connectivity index (χ1v) is 5.98. The molecule has 9 heteroatoms. The number of rotatable bonds is 2. The lowest BCUT2D eigenvalue weighted by Crippen LogP contribution is -2.37. The van der Waals surface area contributed by atoms with Gasteiger partial charge in [-0.3, -0.25) is 15.4 Å². The number of nitrogens with zero attached hydrogens (tertiary/aromatic N) is 1. The number of urea groups is 1. The van der Waals surface area contributed by atoms with Gasteiger partial charge in [0.1, 0.15) is 0 Å². The maximum absolute atomic E-state index is 11.1. The molecule has 0 fully saturated rings. The van der Waals surface area contributed by atoms with Crippen LogP contribution in [0.15, 0.2) is 9.98 Å². The molecular weight excluding hydrogens is 329 g/mol. The molecule has 0 spiro atoms. The summed E-state index contributed by atoms with van der Waals surface area (Å²) in [6.07, 6.45) is 1.52. The molecule has 0 aliphatic carbocycles. The Labute approximate surface area is 107 Å². The van der Waals surface area contributed by atoms with E-state index in [1.165, 1.54) is 17.5 Å². The van der Waals surface area contributed by atoms with Crippen LogP contribution < -0.4 is 10.6 Å². The third-order valence-electron chi connectivity index (χ3n) is 1.13. The van der Waals surface area contributed by atoms with Crippen molar-refractivity contribution in [2.75, 3.05) is 5.32 Å². The smallest absolute Gasteiger partial charge is 0.283 e. The van der Waals surface area contributed by atoms with Crippen LogP contribution in [0, 0.1) is 0 Å². The van der Waals surface area contributed by atoms with Crippen LogP contribution in [0.25, 0.3) is 0 Å². The van der Waals surface area contributed by atoms with Crippen molar-refractivity contribution >= 4 is 67.5 Å². The zero-order valence-corrected chi connectivity index (χ0v) is 10.9. The predicted octanol–water partition coefficient (Wildman–Crippen LogP) is 2.36. The van der Waals surface area contributed by atoms with E-state index in [0.717, 1.165) is 3.79 Å². The van der Waals surface area contributed by atoms with E-state index in [1.807, 2.05) is 5.32 Å². The van der Waals surface area contributed by atoms with E-state index in [9.17, 15) is 9.59 Å². The minimum atomic E-state index is -1.28. The Morgan fingerprint density at radius 3 is 2.67 bits per heavy atom. The van der Waals surface area contributed by atoms with Gasteiger partial charge in [-0.25, -0.2) is 9.78 Å². The van der Waals surface area contributed by atoms with Gasteiger partial charge in [0, 0.05) is 0 Å². The molecule has 0 bridgehead atoms. The molecule has 3 amide bonds. The number of anilines is 1. The van der Waals surface area contributed by atoms with E-state index in [1.54, 1.807) is 0 Å². The molecule has 15 heavy (non-hydrogen) atoms. The zero-order chi connectivity index (χ0) is 11.4. The maximum atomic E-state index is 11.1. The molecule has 0 aromatic carbocycles. The molecule has 0 saturated carbocycles. The number of imide groups is 1. The summed E-state index contributed by atoms with van der Waals surface area (Å²) in [5.41, 5.74) is 0. The van der Waals surface area contributed by atoms with Crippen LogP contribution in [-0.2, 0) is 4.79 Å². The summed E-state index contributed by atoms with van der Waals surface area (Å²) < 4.78 is 0.761. The molecule has 2 N–H and O–H groups in total. The number of amides is 3. The van der Waals surface area contributed by atoms with Gasteiger partial charge in [-0.1, -0.05) is 34.5 Å². The SMILES string of the molecule is O=C(NC(=O)C(Cl)Cl)Nc1ncc(Br)s1. The second-order valence-corrected chi connectivity index (χ2v) is 5.72. The van der Waals surface area contributed by atoms with E-state index >= 15 is 0 Å². The quantitative estimate of drug-likeness (QED) is 0.817. The van der Waals surface area contributed by atoms with Crippen LogP contribution in [0.2, 0.25) is 0 Å². The largest absolute Gasteiger partial charge is 0.327 e. The molecule has 82 valence electrons. The number of carbonyl (C=O) groups excluding carboxylic acids is 2. The Kier molecular flexibility index (Phi) is 4.78.